The molecule has 13 rings (SSSR count). The fourth-order valence-corrected chi connectivity index (χ4v) is 10.5. The van der Waals surface area contributed by atoms with Gasteiger partial charge >= 0.3 is 0 Å². The van der Waals surface area contributed by atoms with Gasteiger partial charge in [0, 0.05) is 50.9 Å². The molecular formula is C66H44N2O. The van der Waals surface area contributed by atoms with Crippen LogP contribution < -0.4 is 14.5 Å². The van der Waals surface area contributed by atoms with Gasteiger partial charge in [0.15, 0.2) is 0 Å². The zero-order chi connectivity index (χ0) is 45.7. The Morgan fingerprint density at radius 1 is 0.232 bits per heavy atom. The van der Waals surface area contributed by atoms with E-state index in [1.54, 1.807) is 0 Å². The number of nitrogens with zero attached hydrogens (tertiary/aromatic N) is 2. The topological polar surface area (TPSA) is 15.7 Å². The van der Waals surface area contributed by atoms with Crippen molar-refractivity contribution in [2.24, 2.45) is 0 Å². The maximum atomic E-state index is 6.99. The van der Waals surface area contributed by atoms with Gasteiger partial charge in [0.25, 0.3) is 0 Å². The summed E-state index contributed by atoms with van der Waals surface area (Å²) < 4.78 is 6.99. The van der Waals surface area contributed by atoms with E-state index in [2.05, 4.69) is 277 Å². The van der Waals surface area contributed by atoms with Crippen LogP contribution in [-0.4, -0.2) is 0 Å². The molecule has 0 aliphatic carbocycles. The molecule has 0 saturated heterocycles. The summed E-state index contributed by atoms with van der Waals surface area (Å²) in [6.45, 7) is 0. The Balaban J connectivity index is 0.935. The smallest absolute Gasteiger partial charge is 0.137 e. The first-order valence-electron chi connectivity index (χ1n) is 23.6. The highest BCUT2D eigenvalue weighted by molar-refractivity contribution is 6.25. The highest BCUT2D eigenvalue weighted by Crippen LogP contribution is 2.53. The summed E-state index contributed by atoms with van der Waals surface area (Å²) in [5.41, 5.74) is 15.8. The highest BCUT2D eigenvalue weighted by atomic mass is 16.5. The molecule has 0 saturated carbocycles. The molecule has 12 aromatic rings. The van der Waals surface area contributed by atoms with Crippen molar-refractivity contribution in [2.75, 3.05) is 9.80 Å². The lowest BCUT2D eigenvalue weighted by molar-refractivity contribution is 0.487. The molecule has 0 radical (unpaired) electrons. The van der Waals surface area contributed by atoms with Crippen molar-refractivity contribution in [1.82, 2.24) is 0 Å². The molecule has 0 fully saturated rings. The molecule has 324 valence electrons. The number of fused-ring (bicyclic) bond motifs is 6. The minimum Gasteiger partial charge on any atom is -0.456 e. The number of para-hydroxylation sites is 4. The van der Waals surface area contributed by atoms with Gasteiger partial charge in [-0.3, -0.25) is 0 Å². The Hall–Kier alpha value is -9.18. The van der Waals surface area contributed by atoms with E-state index in [9.17, 15) is 0 Å². The van der Waals surface area contributed by atoms with Crippen LogP contribution in [0.4, 0.5) is 34.1 Å². The summed E-state index contributed by atoms with van der Waals surface area (Å²) in [7, 11) is 0. The molecule has 0 aromatic heterocycles. The summed E-state index contributed by atoms with van der Waals surface area (Å²) in [6, 6.07) is 95.8. The maximum Gasteiger partial charge on any atom is 0.137 e. The molecule has 3 nitrogen and oxygen atoms in total. The first-order chi connectivity index (χ1) is 34.2. The van der Waals surface area contributed by atoms with Gasteiger partial charge in [-0.2, -0.15) is 0 Å². The van der Waals surface area contributed by atoms with Crippen LogP contribution in [0.3, 0.4) is 0 Å². The fraction of sp³-hybridized carbons (Fsp3) is 0. The third kappa shape index (κ3) is 6.99. The van der Waals surface area contributed by atoms with Gasteiger partial charge in [0.05, 0.1) is 11.4 Å². The maximum absolute atomic E-state index is 6.99. The van der Waals surface area contributed by atoms with E-state index >= 15 is 0 Å². The molecule has 0 N–H and O–H groups in total. The van der Waals surface area contributed by atoms with Crippen LogP contribution in [0.2, 0.25) is 0 Å². The molecule has 69 heavy (non-hydrogen) atoms. The number of benzene rings is 12. The summed E-state index contributed by atoms with van der Waals surface area (Å²) in [5.74, 6) is 1.70. The molecule has 0 unspecified atom stereocenters. The van der Waals surface area contributed by atoms with E-state index in [1.165, 1.54) is 54.7 Å². The summed E-state index contributed by atoms with van der Waals surface area (Å²) in [6.07, 6.45) is 0. The van der Waals surface area contributed by atoms with Crippen LogP contribution in [0.25, 0.3) is 76.8 Å². The van der Waals surface area contributed by atoms with E-state index in [0.717, 1.165) is 67.7 Å². The van der Waals surface area contributed by atoms with Crippen molar-refractivity contribution >= 4 is 66.4 Å². The Morgan fingerprint density at radius 2 is 0.681 bits per heavy atom. The molecular weight excluding hydrogens is 837 g/mol. The van der Waals surface area contributed by atoms with E-state index in [1.807, 2.05) is 0 Å². The third-order valence-corrected chi connectivity index (χ3v) is 13.6. The predicted octanol–water partition coefficient (Wildman–Crippen LogP) is 18.9. The second kappa shape index (κ2) is 16.9. The van der Waals surface area contributed by atoms with E-state index in [4.69, 9.17) is 4.74 Å². The molecule has 0 amide bonds. The molecule has 1 aliphatic heterocycles. The van der Waals surface area contributed by atoms with Crippen LogP contribution in [-0.2, 0) is 0 Å². The fourth-order valence-electron chi connectivity index (χ4n) is 10.5. The number of ether oxygens (including phenoxy) is 1. The molecule has 0 spiro atoms. The second-order valence-electron chi connectivity index (χ2n) is 17.6. The van der Waals surface area contributed by atoms with Crippen LogP contribution in [0, 0.1) is 0 Å². The Bertz CT molecular complexity index is 3850. The van der Waals surface area contributed by atoms with Crippen molar-refractivity contribution in [1.29, 1.82) is 0 Å². The second-order valence-corrected chi connectivity index (χ2v) is 17.6. The Kier molecular flexibility index (Phi) is 9.84. The number of hydrogen-bond acceptors (Lipinski definition) is 3. The lowest BCUT2D eigenvalue weighted by atomic mass is 9.86. The summed E-state index contributed by atoms with van der Waals surface area (Å²) in [4.78, 5) is 4.70. The molecule has 3 heteroatoms. The van der Waals surface area contributed by atoms with Gasteiger partial charge in [-0.1, -0.05) is 182 Å². The zero-order valence-electron chi connectivity index (χ0n) is 37.7. The van der Waals surface area contributed by atoms with Gasteiger partial charge in [-0.25, -0.2) is 0 Å². The van der Waals surface area contributed by atoms with Crippen molar-refractivity contribution in [3.8, 4) is 56.0 Å². The molecule has 0 atom stereocenters. The number of anilines is 6. The van der Waals surface area contributed by atoms with Crippen molar-refractivity contribution in [3.05, 3.63) is 267 Å². The van der Waals surface area contributed by atoms with Gasteiger partial charge in [-0.05, 0) is 134 Å². The minimum absolute atomic E-state index is 0.835. The standard InChI is InChI=1S/C66H44N2O/c1-5-20-45(21-6-1)52-28-15-17-33-62(52)67(48-24-9-3-10-25-48)50-38-36-47(37-39-50)58-43-60-57-32-19-35-64-66(57)61(44-59(60)55-31-14-13-30-54(55)58)56-41-40-51(42-65(56)69-64)68(49-26-11-4-12-27-49)63-34-18-16-29-53(63)46-22-7-2-8-23-46/h1-44H. The Labute approximate surface area is 402 Å². The van der Waals surface area contributed by atoms with Crippen molar-refractivity contribution in [2.45, 2.75) is 0 Å². The lowest BCUT2D eigenvalue weighted by Gasteiger charge is -2.30. The normalized spacial score (nSPS) is 11.6. The highest BCUT2D eigenvalue weighted by Gasteiger charge is 2.26. The van der Waals surface area contributed by atoms with Gasteiger partial charge in [0.1, 0.15) is 11.5 Å². The van der Waals surface area contributed by atoms with Gasteiger partial charge < -0.3 is 14.5 Å². The van der Waals surface area contributed by atoms with E-state index in [-0.39, 0.29) is 0 Å². The van der Waals surface area contributed by atoms with Crippen molar-refractivity contribution < 1.29 is 4.74 Å². The number of hydrogen-bond donors (Lipinski definition) is 0. The molecule has 0 bridgehead atoms. The van der Waals surface area contributed by atoms with Gasteiger partial charge in [0.2, 0.25) is 0 Å². The van der Waals surface area contributed by atoms with E-state index in [0.29, 0.717) is 0 Å². The molecule has 12 aromatic carbocycles. The Morgan fingerprint density at radius 3 is 1.30 bits per heavy atom. The van der Waals surface area contributed by atoms with Crippen molar-refractivity contribution in [3.63, 3.8) is 0 Å². The average molecular weight is 881 g/mol. The molecule has 1 aliphatic rings. The summed E-state index contributed by atoms with van der Waals surface area (Å²) in [5, 5.41) is 7.16. The lowest BCUT2D eigenvalue weighted by Crippen LogP contribution is -2.11. The predicted molar refractivity (Wildman–Crippen MR) is 290 cm³/mol. The van der Waals surface area contributed by atoms with Crippen LogP contribution in [0.15, 0.2) is 267 Å². The van der Waals surface area contributed by atoms with Gasteiger partial charge in [-0.15, -0.1) is 0 Å². The minimum atomic E-state index is 0.835. The van der Waals surface area contributed by atoms with Crippen LogP contribution in [0.5, 0.6) is 11.5 Å². The first kappa shape index (κ1) is 40.1. The SMILES string of the molecule is c1ccc(-c2ccccc2N(c2ccccc2)c2ccc(-c3cc4c5cccc6c5c(cc4c4ccccc34)-c3ccc(N(c4ccccc4)c4ccccc4-c4ccccc4)cc3O6)cc2)cc1. The zero-order valence-corrected chi connectivity index (χ0v) is 37.7. The monoisotopic (exact) mass is 880 g/mol. The van der Waals surface area contributed by atoms with Crippen LogP contribution in [0.1, 0.15) is 0 Å². The molecule has 1 heterocycles. The quantitative estimate of drug-likeness (QED) is 0.134. The first-order valence-corrected chi connectivity index (χ1v) is 23.6. The van der Waals surface area contributed by atoms with Crippen LogP contribution >= 0.6 is 0 Å². The summed E-state index contributed by atoms with van der Waals surface area (Å²) >= 11 is 0. The van der Waals surface area contributed by atoms with E-state index < -0.39 is 0 Å². The average Bonchev–Trinajstić information content (AvgIpc) is 3.42. The number of rotatable bonds is 9. The largest absolute Gasteiger partial charge is 0.456 e. The third-order valence-electron chi connectivity index (χ3n) is 13.6.